The van der Waals surface area contributed by atoms with Gasteiger partial charge in [-0.1, -0.05) is 30.3 Å². The van der Waals surface area contributed by atoms with Gasteiger partial charge in [0.15, 0.2) is 0 Å². The summed E-state index contributed by atoms with van der Waals surface area (Å²) < 4.78 is 0. The minimum atomic E-state index is -0.185. The molecule has 0 saturated carbocycles. The van der Waals surface area contributed by atoms with Crippen LogP contribution < -0.4 is 11.3 Å². The van der Waals surface area contributed by atoms with Crippen molar-refractivity contribution in [3.8, 4) is 0 Å². The van der Waals surface area contributed by atoms with Crippen molar-refractivity contribution in [1.29, 1.82) is 0 Å². The van der Waals surface area contributed by atoms with Crippen LogP contribution in [0, 0.1) is 0 Å². The lowest BCUT2D eigenvalue weighted by atomic mass is 10.0. The van der Waals surface area contributed by atoms with Crippen LogP contribution >= 0.6 is 0 Å². The van der Waals surface area contributed by atoms with Crippen molar-refractivity contribution in [2.24, 2.45) is 5.84 Å². The quantitative estimate of drug-likeness (QED) is 0.476. The fraction of sp³-hybridized carbons (Fsp3) is 0.250. The highest BCUT2D eigenvalue weighted by Gasteiger charge is 2.09. The molecule has 1 amide bonds. The maximum Gasteiger partial charge on any atom is 0.238 e. The second-order valence-corrected chi connectivity index (χ2v) is 5.01. The van der Waals surface area contributed by atoms with Crippen LogP contribution in [0.1, 0.15) is 16.8 Å². The molecule has 1 aromatic heterocycles. The number of hydrazine groups is 1. The van der Waals surface area contributed by atoms with E-state index in [9.17, 15) is 4.79 Å². The second-order valence-electron chi connectivity index (χ2n) is 5.01. The number of nitrogens with two attached hydrogens (primary N) is 1. The molecule has 1 aromatic carbocycles. The number of amides is 1. The molecule has 0 bridgehead atoms. The van der Waals surface area contributed by atoms with E-state index in [1.54, 1.807) is 6.20 Å². The number of pyridine rings is 1. The number of rotatable bonds is 6. The van der Waals surface area contributed by atoms with Crippen molar-refractivity contribution in [2.45, 2.75) is 19.5 Å². The number of carbonyl (C=O) groups is 1. The van der Waals surface area contributed by atoms with Crippen LogP contribution in [-0.2, 0) is 24.3 Å². The van der Waals surface area contributed by atoms with Crippen molar-refractivity contribution in [2.75, 3.05) is 7.05 Å². The Bertz CT molecular complexity index is 586. The number of nitrogens with zero attached hydrogens (tertiary/aromatic N) is 2. The Balaban J connectivity index is 2.03. The molecule has 0 unspecified atom stereocenters. The van der Waals surface area contributed by atoms with E-state index in [2.05, 4.69) is 15.3 Å². The first-order valence-electron chi connectivity index (χ1n) is 6.83. The molecular formula is C16H20N4O. The smallest absolute Gasteiger partial charge is 0.238 e. The average molecular weight is 284 g/mol. The molecule has 21 heavy (non-hydrogen) atoms. The van der Waals surface area contributed by atoms with E-state index >= 15 is 0 Å². The van der Waals surface area contributed by atoms with Gasteiger partial charge >= 0.3 is 0 Å². The van der Waals surface area contributed by atoms with Crippen molar-refractivity contribution < 1.29 is 4.79 Å². The zero-order chi connectivity index (χ0) is 15.1. The first-order chi connectivity index (χ1) is 10.2. The minimum Gasteiger partial charge on any atom is -0.296 e. The normalized spacial score (nSPS) is 10.6. The fourth-order valence-corrected chi connectivity index (χ4v) is 2.22. The maximum absolute atomic E-state index is 11.5. The molecule has 2 aromatic rings. The molecule has 0 radical (unpaired) electrons. The summed E-state index contributed by atoms with van der Waals surface area (Å²) in [5.74, 6) is 4.97. The number of carbonyl (C=O) groups excluding carboxylic acids is 1. The van der Waals surface area contributed by atoms with Gasteiger partial charge in [0.05, 0.1) is 12.1 Å². The second kappa shape index (κ2) is 7.52. The molecule has 0 fully saturated rings. The van der Waals surface area contributed by atoms with Crippen LogP contribution in [0.2, 0.25) is 0 Å². The topological polar surface area (TPSA) is 71.2 Å². The largest absolute Gasteiger partial charge is 0.296 e. The summed E-state index contributed by atoms with van der Waals surface area (Å²) in [6.07, 6.45) is 2.09. The molecule has 0 atom stereocenters. The summed E-state index contributed by atoms with van der Waals surface area (Å²) in [7, 11) is 2.04. The first kappa shape index (κ1) is 15.2. The molecular weight excluding hydrogens is 264 g/mol. The summed E-state index contributed by atoms with van der Waals surface area (Å²) in [4.78, 5) is 17.9. The van der Waals surface area contributed by atoms with Crippen LogP contribution in [0.3, 0.4) is 0 Å². The van der Waals surface area contributed by atoms with E-state index in [0.29, 0.717) is 6.42 Å². The van der Waals surface area contributed by atoms with E-state index in [0.717, 1.165) is 29.9 Å². The molecule has 1 heterocycles. The number of aromatic nitrogens is 1. The van der Waals surface area contributed by atoms with E-state index in [1.165, 1.54) is 0 Å². The third kappa shape index (κ3) is 4.66. The molecule has 110 valence electrons. The molecule has 5 heteroatoms. The van der Waals surface area contributed by atoms with Crippen molar-refractivity contribution in [1.82, 2.24) is 15.3 Å². The average Bonchev–Trinajstić information content (AvgIpc) is 2.50. The predicted octanol–water partition coefficient (Wildman–Crippen LogP) is 1.25. The molecule has 0 saturated heterocycles. The molecule has 0 spiro atoms. The Morgan fingerprint density at radius 2 is 1.86 bits per heavy atom. The molecule has 2 rings (SSSR count). The van der Waals surface area contributed by atoms with E-state index < -0.39 is 0 Å². The molecule has 0 aliphatic carbocycles. The van der Waals surface area contributed by atoms with Gasteiger partial charge in [0.1, 0.15) is 0 Å². The van der Waals surface area contributed by atoms with Gasteiger partial charge in [0.2, 0.25) is 5.91 Å². The highest BCUT2D eigenvalue weighted by molar-refractivity contribution is 5.78. The molecule has 0 aliphatic heterocycles. The van der Waals surface area contributed by atoms with Crippen LogP contribution in [0.25, 0.3) is 0 Å². The summed E-state index contributed by atoms with van der Waals surface area (Å²) in [6.45, 7) is 1.52. The highest BCUT2D eigenvalue weighted by atomic mass is 16.2. The van der Waals surface area contributed by atoms with E-state index in [-0.39, 0.29) is 5.91 Å². The van der Waals surface area contributed by atoms with Gasteiger partial charge in [-0.15, -0.1) is 0 Å². The highest BCUT2D eigenvalue weighted by Crippen LogP contribution is 2.13. The third-order valence-corrected chi connectivity index (χ3v) is 3.23. The van der Waals surface area contributed by atoms with Gasteiger partial charge in [-0.2, -0.15) is 0 Å². The number of hydrogen-bond donors (Lipinski definition) is 2. The van der Waals surface area contributed by atoms with Crippen molar-refractivity contribution in [3.63, 3.8) is 0 Å². The van der Waals surface area contributed by atoms with Gasteiger partial charge in [-0.3, -0.25) is 20.1 Å². The van der Waals surface area contributed by atoms with Gasteiger partial charge in [0.25, 0.3) is 0 Å². The summed E-state index contributed by atoms with van der Waals surface area (Å²) >= 11 is 0. The third-order valence-electron chi connectivity index (χ3n) is 3.23. The van der Waals surface area contributed by atoms with Gasteiger partial charge in [-0.05, 0) is 30.3 Å². The van der Waals surface area contributed by atoms with Crippen LogP contribution in [0.15, 0.2) is 48.7 Å². The van der Waals surface area contributed by atoms with Crippen LogP contribution in [0.5, 0.6) is 0 Å². The Labute approximate surface area is 124 Å². The first-order valence-corrected chi connectivity index (χ1v) is 6.83. The molecule has 3 N–H and O–H groups in total. The van der Waals surface area contributed by atoms with Crippen LogP contribution in [0.4, 0.5) is 0 Å². The van der Waals surface area contributed by atoms with Gasteiger partial charge in [0, 0.05) is 19.3 Å². The lowest BCUT2D eigenvalue weighted by Gasteiger charge is -2.18. The van der Waals surface area contributed by atoms with Crippen LogP contribution in [-0.4, -0.2) is 22.8 Å². The summed E-state index contributed by atoms with van der Waals surface area (Å²) in [6, 6.07) is 13.8. The standard InChI is InChI=1S/C16H20N4O/c1-20(12-15-8-4-5-9-18-15)11-14-7-3-2-6-13(14)10-16(21)19-17/h2-9H,10-12,17H2,1H3,(H,19,21). The lowest BCUT2D eigenvalue weighted by Crippen LogP contribution is -2.31. The van der Waals surface area contributed by atoms with Gasteiger partial charge < -0.3 is 0 Å². The van der Waals surface area contributed by atoms with Gasteiger partial charge in [-0.25, -0.2) is 5.84 Å². The summed E-state index contributed by atoms with van der Waals surface area (Å²) in [5.41, 5.74) is 5.31. The Kier molecular flexibility index (Phi) is 5.43. The van der Waals surface area contributed by atoms with Crippen molar-refractivity contribution in [3.05, 3.63) is 65.5 Å². The molecule has 0 aliphatic rings. The lowest BCUT2D eigenvalue weighted by molar-refractivity contribution is -0.120. The fourth-order valence-electron chi connectivity index (χ4n) is 2.22. The SMILES string of the molecule is CN(Cc1ccccn1)Cc1ccccc1CC(=O)NN. The van der Waals surface area contributed by atoms with E-state index in [1.807, 2.05) is 49.5 Å². The molecule has 5 nitrogen and oxygen atoms in total. The Morgan fingerprint density at radius 3 is 2.52 bits per heavy atom. The Hall–Kier alpha value is -2.24. The van der Waals surface area contributed by atoms with E-state index in [4.69, 9.17) is 5.84 Å². The maximum atomic E-state index is 11.5. The summed E-state index contributed by atoms with van der Waals surface area (Å²) in [5, 5.41) is 0. The zero-order valence-electron chi connectivity index (χ0n) is 12.1. The van der Waals surface area contributed by atoms with Crippen molar-refractivity contribution >= 4 is 5.91 Å². The number of benzene rings is 1. The number of nitrogens with one attached hydrogen (secondary N) is 1. The Morgan fingerprint density at radius 1 is 1.14 bits per heavy atom. The monoisotopic (exact) mass is 284 g/mol. The predicted molar refractivity (Wildman–Crippen MR) is 81.9 cm³/mol. The minimum absolute atomic E-state index is 0.185. The number of hydrogen-bond acceptors (Lipinski definition) is 4. The zero-order valence-corrected chi connectivity index (χ0v) is 12.1.